The van der Waals surface area contributed by atoms with Crippen LogP contribution in [0.1, 0.15) is 17.2 Å². The van der Waals surface area contributed by atoms with Crippen molar-refractivity contribution in [3.05, 3.63) is 68.4 Å². The van der Waals surface area contributed by atoms with E-state index in [-0.39, 0.29) is 11.9 Å². The van der Waals surface area contributed by atoms with Crippen LogP contribution in [0.2, 0.25) is 15.1 Å². The van der Waals surface area contributed by atoms with Crippen molar-refractivity contribution in [1.82, 2.24) is 5.43 Å². The Hall–Kier alpha value is -0.840. The molecule has 0 aromatic heterocycles. The number of nitrogens with two attached hydrogens (primary N) is 1. The van der Waals surface area contributed by atoms with Crippen LogP contribution in [-0.4, -0.2) is 0 Å². The normalized spacial score (nSPS) is 12.4. The lowest BCUT2D eigenvalue weighted by Crippen LogP contribution is -2.29. The van der Waals surface area contributed by atoms with Crippen LogP contribution in [0.4, 0.5) is 4.39 Å². The van der Waals surface area contributed by atoms with Crippen molar-refractivity contribution in [2.24, 2.45) is 5.84 Å². The summed E-state index contributed by atoms with van der Waals surface area (Å²) < 4.78 is 13.0. The van der Waals surface area contributed by atoms with Crippen molar-refractivity contribution in [2.45, 2.75) is 12.5 Å². The standard InChI is InChI=1S/C14H12Cl3FN2/c15-11-4-2-9(5-13(11)17)14(20-19)6-8-1-3-10(18)7-12(8)16/h1-5,7,14,20H,6,19H2. The van der Waals surface area contributed by atoms with E-state index in [0.717, 1.165) is 11.1 Å². The molecule has 1 atom stereocenters. The molecule has 0 heterocycles. The summed E-state index contributed by atoms with van der Waals surface area (Å²) in [5.41, 5.74) is 4.37. The van der Waals surface area contributed by atoms with Crippen molar-refractivity contribution < 1.29 is 4.39 Å². The molecule has 6 heteroatoms. The third kappa shape index (κ3) is 3.62. The van der Waals surface area contributed by atoms with E-state index in [9.17, 15) is 4.39 Å². The SMILES string of the molecule is NNC(Cc1ccc(F)cc1Cl)c1ccc(Cl)c(Cl)c1. The van der Waals surface area contributed by atoms with Crippen LogP contribution in [0.25, 0.3) is 0 Å². The van der Waals surface area contributed by atoms with E-state index in [4.69, 9.17) is 40.6 Å². The first-order valence-corrected chi connectivity index (χ1v) is 6.99. The van der Waals surface area contributed by atoms with Crippen LogP contribution in [0.3, 0.4) is 0 Å². The quantitative estimate of drug-likeness (QED) is 0.637. The molecule has 106 valence electrons. The van der Waals surface area contributed by atoms with Gasteiger partial charge in [-0.05, 0) is 41.8 Å². The minimum atomic E-state index is -0.370. The molecule has 0 aliphatic heterocycles. The number of benzene rings is 2. The highest BCUT2D eigenvalue weighted by Gasteiger charge is 2.14. The summed E-state index contributed by atoms with van der Waals surface area (Å²) in [5.74, 6) is 5.21. The second kappa shape index (κ2) is 6.74. The minimum absolute atomic E-state index is 0.201. The van der Waals surface area contributed by atoms with Gasteiger partial charge < -0.3 is 0 Å². The van der Waals surface area contributed by atoms with Crippen LogP contribution in [0.15, 0.2) is 36.4 Å². The molecule has 20 heavy (non-hydrogen) atoms. The van der Waals surface area contributed by atoms with E-state index in [2.05, 4.69) is 5.43 Å². The fraction of sp³-hybridized carbons (Fsp3) is 0.143. The molecule has 0 aliphatic rings. The van der Waals surface area contributed by atoms with Gasteiger partial charge in [0, 0.05) is 5.02 Å². The second-order valence-electron chi connectivity index (χ2n) is 4.33. The van der Waals surface area contributed by atoms with Gasteiger partial charge in [0.25, 0.3) is 0 Å². The average molecular weight is 334 g/mol. The highest BCUT2D eigenvalue weighted by atomic mass is 35.5. The number of rotatable bonds is 4. The van der Waals surface area contributed by atoms with Crippen molar-refractivity contribution >= 4 is 34.8 Å². The Balaban J connectivity index is 2.26. The van der Waals surface area contributed by atoms with Crippen LogP contribution in [0, 0.1) is 5.82 Å². The largest absolute Gasteiger partial charge is 0.271 e. The number of hydrogen-bond donors (Lipinski definition) is 2. The molecular formula is C14H12Cl3FN2. The maximum absolute atomic E-state index is 13.0. The molecule has 1 unspecified atom stereocenters. The topological polar surface area (TPSA) is 38.0 Å². The zero-order valence-electron chi connectivity index (χ0n) is 10.3. The van der Waals surface area contributed by atoms with E-state index in [0.29, 0.717) is 21.5 Å². The molecule has 0 saturated heterocycles. The Labute approximate surface area is 131 Å². The maximum atomic E-state index is 13.0. The molecule has 2 aromatic rings. The first-order valence-electron chi connectivity index (χ1n) is 5.86. The Bertz CT molecular complexity index is 619. The van der Waals surface area contributed by atoms with Crippen molar-refractivity contribution in [1.29, 1.82) is 0 Å². The van der Waals surface area contributed by atoms with Gasteiger partial charge in [-0.1, -0.05) is 46.9 Å². The lowest BCUT2D eigenvalue weighted by atomic mass is 9.99. The number of nitrogens with one attached hydrogen (secondary N) is 1. The predicted octanol–water partition coefficient (Wildman–Crippen LogP) is 4.53. The van der Waals surface area contributed by atoms with Gasteiger partial charge >= 0.3 is 0 Å². The highest BCUT2D eigenvalue weighted by molar-refractivity contribution is 6.42. The maximum Gasteiger partial charge on any atom is 0.124 e. The Kier molecular flexibility index (Phi) is 5.24. The first kappa shape index (κ1) is 15.5. The van der Waals surface area contributed by atoms with Gasteiger partial charge in [-0.25, -0.2) is 4.39 Å². The third-order valence-corrected chi connectivity index (χ3v) is 4.08. The minimum Gasteiger partial charge on any atom is -0.271 e. The number of halogens is 4. The second-order valence-corrected chi connectivity index (χ2v) is 5.55. The first-order chi connectivity index (χ1) is 9.51. The predicted molar refractivity (Wildman–Crippen MR) is 81.6 cm³/mol. The van der Waals surface area contributed by atoms with Crippen LogP contribution in [-0.2, 0) is 6.42 Å². The van der Waals surface area contributed by atoms with Crippen LogP contribution < -0.4 is 11.3 Å². The van der Waals surface area contributed by atoms with E-state index < -0.39 is 0 Å². The fourth-order valence-electron chi connectivity index (χ4n) is 1.91. The molecular weight excluding hydrogens is 322 g/mol. The molecule has 3 N–H and O–H groups in total. The Morgan fingerprint density at radius 1 is 1.00 bits per heavy atom. The molecule has 0 aliphatic carbocycles. The molecule has 2 nitrogen and oxygen atoms in total. The van der Waals surface area contributed by atoms with Gasteiger partial charge in [-0.3, -0.25) is 11.3 Å². The van der Waals surface area contributed by atoms with Crippen LogP contribution in [0.5, 0.6) is 0 Å². The van der Waals surface area contributed by atoms with E-state index >= 15 is 0 Å². The van der Waals surface area contributed by atoms with Gasteiger partial charge in [0.1, 0.15) is 5.82 Å². The van der Waals surface area contributed by atoms with Crippen molar-refractivity contribution in [3.8, 4) is 0 Å². The molecule has 0 radical (unpaired) electrons. The van der Waals surface area contributed by atoms with Gasteiger partial charge in [-0.2, -0.15) is 0 Å². The lowest BCUT2D eigenvalue weighted by Gasteiger charge is -2.18. The summed E-state index contributed by atoms with van der Waals surface area (Å²) in [6, 6.07) is 9.35. The van der Waals surface area contributed by atoms with Gasteiger partial charge in [0.05, 0.1) is 16.1 Å². The van der Waals surface area contributed by atoms with Gasteiger partial charge in [-0.15, -0.1) is 0 Å². The summed E-state index contributed by atoms with van der Waals surface area (Å²) in [6.07, 6.45) is 0.508. The number of hydrogen-bond acceptors (Lipinski definition) is 2. The highest BCUT2D eigenvalue weighted by Crippen LogP contribution is 2.28. The molecule has 0 spiro atoms. The summed E-state index contributed by atoms with van der Waals surface area (Å²) in [4.78, 5) is 0. The van der Waals surface area contributed by atoms with Crippen LogP contribution >= 0.6 is 34.8 Å². The molecule has 0 fully saturated rings. The van der Waals surface area contributed by atoms with E-state index in [1.54, 1.807) is 18.2 Å². The monoisotopic (exact) mass is 332 g/mol. The van der Waals surface area contributed by atoms with Crippen molar-refractivity contribution in [3.63, 3.8) is 0 Å². The van der Waals surface area contributed by atoms with Crippen molar-refractivity contribution in [2.75, 3.05) is 0 Å². The lowest BCUT2D eigenvalue weighted by molar-refractivity contribution is 0.551. The Morgan fingerprint density at radius 3 is 2.35 bits per heavy atom. The third-order valence-electron chi connectivity index (χ3n) is 2.99. The summed E-state index contributed by atoms with van der Waals surface area (Å²) in [5, 5.41) is 1.30. The smallest absolute Gasteiger partial charge is 0.124 e. The molecule has 0 bridgehead atoms. The average Bonchev–Trinajstić information content (AvgIpc) is 2.41. The van der Waals surface area contributed by atoms with E-state index in [1.807, 2.05) is 6.07 Å². The zero-order valence-corrected chi connectivity index (χ0v) is 12.6. The van der Waals surface area contributed by atoms with Gasteiger partial charge in [0.2, 0.25) is 0 Å². The number of hydrazine groups is 1. The molecule has 2 rings (SSSR count). The Morgan fingerprint density at radius 2 is 1.75 bits per heavy atom. The zero-order chi connectivity index (χ0) is 14.7. The van der Waals surface area contributed by atoms with Gasteiger partial charge in [0.15, 0.2) is 0 Å². The molecule has 0 saturated carbocycles. The molecule has 0 amide bonds. The fourth-order valence-corrected chi connectivity index (χ4v) is 2.46. The summed E-state index contributed by atoms with van der Waals surface area (Å²) in [6.45, 7) is 0. The summed E-state index contributed by atoms with van der Waals surface area (Å²) >= 11 is 17.9. The molecule has 2 aromatic carbocycles. The van der Waals surface area contributed by atoms with E-state index in [1.165, 1.54) is 12.1 Å². The summed E-state index contributed by atoms with van der Waals surface area (Å²) in [7, 11) is 0.